The fraction of sp³-hybridized carbons (Fsp3) is 0.500. The Morgan fingerprint density at radius 1 is 1.30 bits per heavy atom. The second-order valence-corrected chi connectivity index (χ2v) is 11.2. The molecule has 0 radical (unpaired) electrons. The molecule has 4 fully saturated rings. The number of fused-ring (bicyclic) bond motifs is 1. The Morgan fingerprint density at radius 3 is 2.76 bits per heavy atom. The summed E-state index contributed by atoms with van der Waals surface area (Å²) in [6, 6.07) is 9.28. The van der Waals surface area contributed by atoms with E-state index in [1.165, 1.54) is 0 Å². The van der Waals surface area contributed by atoms with E-state index in [0.717, 1.165) is 5.56 Å². The number of esters is 2. The summed E-state index contributed by atoms with van der Waals surface area (Å²) in [7, 11) is 0. The summed E-state index contributed by atoms with van der Waals surface area (Å²) in [4.78, 5) is 39.9. The maximum absolute atomic E-state index is 13.8. The minimum absolute atomic E-state index is 0.0434. The molecular weight excluding hydrogens is 444 g/mol. The molecule has 33 heavy (non-hydrogen) atoms. The third-order valence-electron chi connectivity index (χ3n) is 9.17. The van der Waals surface area contributed by atoms with Gasteiger partial charge in [0.05, 0.1) is 22.3 Å². The maximum Gasteiger partial charge on any atom is 0.316 e. The second-order valence-electron chi connectivity index (χ2n) is 10.5. The maximum atomic E-state index is 13.8. The van der Waals surface area contributed by atoms with Crippen LogP contribution in [0.25, 0.3) is 0 Å². The van der Waals surface area contributed by atoms with E-state index in [4.69, 9.17) is 21.1 Å². The van der Waals surface area contributed by atoms with Crippen LogP contribution in [0.2, 0.25) is 0 Å². The van der Waals surface area contributed by atoms with Gasteiger partial charge in [0.15, 0.2) is 5.78 Å². The van der Waals surface area contributed by atoms with Gasteiger partial charge >= 0.3 is 11.9 Å². The molecule has 0 aromatic heterocycles. The zero-order valence-corrected chi connectivity index (χ0v) is 19.0. The van der Waals surface area contributed by atoms with E-state index in [2.05, 4.69) is 6.58 Å². The van der Waals surface area contributed by atoms with Crippen molar-refractivity contribution in [2.75, 3.05) is 0 Å². The first-order valence-corrected chi connectivity index (χ1v) is 11.7. The number of hydrogen-bond donors (Lipinski definition) is 1. The standard InChI is InChI=1S/C26H25ClO6/c1-14-20(29)25-13-24(14,27)10-8-16(25)26-11-9-17(28)23(2,22(31)33-26)19(26)18(25)21(30)32-12-15-6-4-3-5-7-15/h3-7,9,11,16-19,28H,1,8,10,12-13H2,2H3/t16-,17+,18-,19-,23+,24+,25-,26-/m1/s1. The van der Waals surface area contributed by atoms with Gasteiger partial charge in [0, 0.05) is 17.4 Å². The molecule has 5 aliphatic rings. The molecule has 8 atom stereocenters. The molecule has 1 aromatic carbocycles. The van der Waals surface area contributed by atoms with E-state index in [0.29, 0.717) is 18.4 Å². The van der Waals surface area contributed by atoms with Gasteiger partial charge in [-0.15, -0.1) is 11.6 Å². The number of alkyl halides is 1. The summed E-state index contributed by atoms with van der Waals surface area (Å²) in [6.45, 7) is 5.68. The highest BCUT2D eigenvalue weighted by atomic mass is 35.5. The topological polar surface area (TPSA) is 89.9 Å². The van der Waals surface area contributed by atoms with Crippen LogP contribution in [0.5, 0.6) is 0 Å². The Hall–Kier alpha value is -2.44. The first kappa shape index (κ1) is 21.1. The van der Waals surface area contributed by atoms with Gasteiger partial charge in [-0.3, -0.25) is 14.4 Å². The molecule has 4 bridgehead atoms. The van der Waals surface area contributed by atoms with Crippen LogP contribution in [-0.4, -0.2) is 39.4 Å². The number of aliphatic hydroxyl groups is 1. The third kappa shape index (κ3) is 2.27. The van der Waals surface area contributed by atoms with Gasteiger partial charge in [-0.1, -0.05) is 43.0 Å². The van der Waals surface area contributed by atoms with Gasteiger partial charge in [-0.2, -0.15) is 0 Å². The van der Waals surface area contributed by atoms with Gasteiger partial charge in [0.2, 0.25) is 0 Å². The number of halogens is 1. The molecule has 6 rings (SSSR count). The summed E-state index contributed by atoms with van der Waals surface area (Å²) >= 11 is 6.89. The number of carbonyl (C=O) groups is 3. The van der Waals surface area contributed by atoms with Crippen molar-refractivity contribution in [2.45, 2.75) is 49.4 Å². The van der Waals surface area contributed by atoms with Crippen LogP contribution in [0.3, 0.4) is 0 Å². The lowest BCUT2D eigenvalue weighted by Crippen LogP contribution is -2.51. The number of rotatable bonds is 3. The van der Waals surface area contributed by atoms with E-state index in [1.54, 1.807) is 19.1 Å². The zero-order chi connectivity index (χ0) is 23.4. The first-order chi connectivity index (χ1) is 15.6. The molecule has 1 saturated heterocycles. The number of benzene rings is 1. The molecule has 1 aliphatic heterocycles. The molecule has 3 saturated carbocycles. The van der Waals surface area contributed by atoms with Gasteiger partial charge in [-0.25, -0.2) is 0 Å². The first-order valence-electron chi connectivity index (χ1n) is 11.4. The molecule has 1 N–H and O–H groups in total. The van der Waals surface area contributed by atoms with Gasteiger partial charge < -0.3 is 14.6 Å². The molecule has 4 aliphatic carbocycles. The Labute approximate surface area is 196 Å². The summed E-state index contributed by atoms with van der Waals surface area (Å²) in [6.07, 6.45) is 3.43. The molecule has 1 spiro atoms. The molecule has 0 amide bonds. The Kier molecular flexibility index (Phi) is 4.07. The van der Waals surface area contributed by atoms with Crippen LogP contribution in [0.4, 0.5) is 0 Å². The van der Waals surface area contributed by atoms with Crippen molar-refractivity contribution >= 4 is 29.3 Å². The lowest BCUT2D eigenvalue weighted by atomic mass is 9.61. The van der Waals surface area contributed by atoms with Gasteiger partial charge in [0.1, 0.15) is 17.6 Å². The average molecular weight is 469 g/mol. The van der Waals surface area contributed by atoms with Crippen LogP contribution in [0, 0.1) is 28.6 Å². The zero-order valence-electron chi connectivity index (χ0n) is 18.3. The van der Waals surface area contributed by atoms with Crippen molar-refractivity contribution in [1.82, 2.24) is 0 Å². The second kappa shape index (κ2) is 6.36. The van der Waals surface area contributed by atoms with E-state index in [1.807, 2.05) is 30.3 Å². The number of allylic oxidation sites excluding steroid dienone is 1. The third-order valence-corrected chi connectivity index (χ3v) is 9.72. The Bertz CT molecular complexity index is 1140. The van der Waals surface area contributed by atoms with E-state index in [9.17, 15) is 19.5 Å². The number of Topliss-reactive ketones (excluding diaryl/α,β-unsaturated/α-hetero) is 1. The number of aliphatic hydroxyl groups excluding tert-OH is 1. The molecule has 1 aromatic rings. The largest absolute Gasteiger partial charge is 0.461 e. The minimum atomic E-state index is -1.36. The van der Waals surface area contributed by atoms with Crippen molar-refractivity contribution in [2.24, 2.45) is 28.6 Å². The molecule has 7 heteroatoms. The molecule has 172 valence electrons. The Morgan fingerprint density at radius 2 is 2.03 bits per heavy atom. The fourth-order valence-corrected chi connectivity index (χ4v) is 8.09. The molecule has 6 nitrogen and oxygen atoms in total. The van der Waals surface area contributed by atoms with E-state index >= 15 is 0 Å². The van der Waals surface area contributed by atoms with Crippen molar-refractivity contribution in [1.29, 1.82) is 0 Å². The predicted octanol–water partition coefficient (Wildman–Crippen LogP) is 3.11. The summed E-state index contributed by atoms with van der Waals surface area (Å²) in [5, 5.41) is 10.9. The normalized spacial score (nSPS) is 46.7. The highest BCUT2D eigenvalue weighted by Crippen LogP contribution is 2.77. The molecule has 1 heterocycles. The highest BCUT2D eigenvalue weighted by Gasteiger charge is 2.85. The highest BCUT2D eigenvalue weighted by molar-refractivity contribution is 6.32. The van der Waals surface area contributed by atoms with Crippen LogP contribution in [-0.2, 0) is 30.5 Å². The number of carbonyl (C=O) groups excluding carboxylic acids is 3. The predicted molar refractivity (Wildman–Crippen MR) is 118 cm³/mol. The minimum Gasteiger partial charge on any atom is -0.461 e. The van der Waals surface area contributed by atoms with Crippen LogP contribution < -0.4 is 0 Å². The SMILES string of the molecule is C=C1C(=O)[C@]23C[C@@]1(Cl)CC[C@H]2[C@@]12C=C[C@H](O)[C@](C)(C(=O)O1)[C@H]2[C@@H]3C(=O)OCc1ccccc1. The number of hydrogen-bond acceptors (Lipinski definition) is 6. The summed E-state index contributed by atoms with van der Waals surface area (Å²) in [5.41, 5.74) is -2.56. The van der Waals surface area contributed by atoms with Crippen LogP contribution in [0.1, 0.15) is 31.7 Å². The lowest BCUT2D eigenvalue weighted by molar-refractivity contribution is -0.167. The number of ether oxygens (including phenoxy) is 2. The van der Waals surface area contributed by atoms with Crippen molar-refractivity contribution in [3.63, 3.8) is 0 Å². The fourth-order valence-electron chi connectivity index (χ4n) is 7.67. The lowest BCUT2D eigenvalue weighted by Gasteiger charge is -2.43. The van der Waals surface area contributed by atoms with Gasteiger partial charge in [-0.05, 0) is 37.8 Å². The van der Waals surface area contributed by atoms with Crippen LogP contribution >= 0.6 is 11.6 Å². The summed E-state index contributed by atoms with van der Waals surface area (Å²) in [5.74, 6) is -3.50. The van der Waals surface area contributed by atoms with Crippen molar-refractivity contribution in [3.05, 3.63) is 60.2 Å². The Balaban J connectivity index is 1.50. The number of ketones is 1. The van der Waals surface area contributed by atoms with E-state index in [-0.39, 0.29) is 18.8 Å². The summed E-state index contributed by atoms with van der Waals surface area (Å²) < 4.78 is 11.8. The average Bonchev–Trinajstić information content (AvgIpc) is 3.21. The van der Waals surface area contributed by atoms with Gasteiger partial charge in [0.25, 0.3) is 0 Å². The van der Waals surface area contributed by atoms with E-state index < -0.39 is 57.1 Å². The smallest absolute Gasteiger partial charge is 0.316 e. The van der Waals surface area contributed by atoms with Crippen molar-refractivity contribution in [3.8, 4) is 0 Å². The molecular formula is C26H25ClO6. The quantitative estimate of drug-likeness (QED) is 0.317. The van der Waals surface area contributed by atoms with Crippen molar-refractivity contribution < 1.29 is 29.0 Å². The van der Waals surface area contributed by atoms with Crippen LogP contribution in [0.15, 0.2) is 54.6 Å². The molecule has 0 unspecified atom stereocenters. The monoisotopic (exact) mass is 468 g/mol.